The Morgan fingerprint density at radius 3 is 2.44 bits per heavy atom. The first-order chi connectivity index (χ1) is 8.56. The molecule has 5 nitrogen and oxygen atoms in total. The average Bonchev–Trinajstić information content (AvgIpc) is 3.15. The molecule has 3 rings (SSSR count). The third-order valence-corrected chi connectivity index (χ3v) is 6.85. The zero-order chi connectivity index (χ0) is 12.8. The van der Waals surface area contributed by atoms with Crippen LogP contribution in [0.1, 0.15) is 32.1 Å². The van der Waals surface area contributed by atoms with Gasteiger partial charge in [-0.1, -0.05) is 0 Å². The van der Waals surface area contributed by atoms with Gasteiger partial charge in [0.25, 0.3) is 0 Å². The van der Waals surface area contributed by atoms with Gasteiger partial charge in [-0.3, -0.25) is 0 Å². The first-order valence-corrected chi connectivity index (χ1v) is 8.22. The first kappa shape index (κ1) is 12.8. The van der Waals surface area contributed by atoms with Crippen molar-refractivity contribution < 1.29 is 17.9 Å². The summed E-state index contributed by atoms with van der Waals surface area (Å²) in [4.78, 5) is 0. The summed E-state index contributed by atoms with van der Waals surface area (Å²) in [5.41, 5.74) is -0.129. The van der Waals surface area contributed by atoms with E-state index in [1.165, 1.54) is 0 Å². The molecule has 0 N–H and O–H groups in total. The Morgan fingerprint density at radius 2 is 1.94 bits per heavy atom. The monoisotopic (exact) mass is 275 g/mol. The van der Waals surface area contributed by atoms with E-state index in [4.69, 9.17) is 9.47 Å². The highest BCUT2D eigenvalue weighted by Gasteiger charge is 2.47. The molecule has 3 fully saturated rings. The van der Waals surface area contributed by atoms with Crippen LogP contribution in [0.5, 0.6) is 0 Å². The van der Waals surface area contributed by atoms with Crippen LogP contribution in [0.2, 0.25) is 0 Å². The topological polar surface area (TPSA) is 55.8 Å². The first-order valence-electron chi connectivity index (χ1n) is 6.71. The second-order valence-corrected chi connectivity index (χ2v) is 7.91. The molecule has 1 unspecified atom stereocenters. The van der Waals surface area contributed by atoms with Crippen LogP contribution in [0.15, 0.2) is 0 Å². The minimum atomic E-state index is -3.01. The Labute approximate surface area is 108 Å². The van der Waals surface area contributed by atoms with Crippen molar-refractivity contribution in [3.8, 4) is 0 Å². The molecular formula is C12H21NO4S. The van der Waals surface area contributed by atoms with E-state index in [1.807, 2.05) is 0 Å². The average molecular weight is 275 g/mol. The van der Waals surface area contributed by atoms with E-state index in [0.717, 1.165) is 32.1 Å². The maximum atomic E-state index is 12.1. The van der Waals surface area contributed by atoms with Crippen molar-refractivity contribution in [1.82, 2.24) is 4.31 Å². The number of sulfonamides is 1. The smallest absolute Gasteiger partial charge is 0.216 e. The molecule has 2 saturated heterocycles. The van der Waals surface area contributed by atoms with Crippen LogP contribution in [-0.4, -0.2) is 56.5 Å². The van der Waals surface area contributed by atoms with Gasteiger partial charge in [0.15, 0.2) is 0 Å². The number of rotatable bonds is 3. The molecule has 1 spiro atoms. The van der Waals surface area contributed by atoms with Crippen molar-refractivity contribution in [3.05, 3.63) is 0 Å². The fourth-order valence-electron chi connectivity index (χ4n) is 3.03. The van der Waals surface area contributed by atoms with E-state index in [2.05, 4.69) is 0 Å². The molecule has 6 heteroatoms. The van der Waals surface area contributed by atoms with E-state index in [1.54, 1.807) is 11.4 Å². The Morgan fingerprint density at radius 1 is 1.28 bits per heavy atom. The number of piperidine rings is 1. The van der Waals surface area contributed by atoms with Crippen LogP contribution in [-0.2, 0) is 19.5 Å². The quantitative estimate of drug-likeness (QED) is 0.762. The van der Waals surface area contributed by atoms with Gasteiger partial charge in [0.2, 0.25) is 10.0 Å². The summed E-state index contributed by atoms with van der Waals surface area (Å²) in [6.45, 7) is 1.86. The van der Waals surface area contributed by atoms with Gasteiger partial charge in [0.1, 0.15) is 0 Å². The Hall–Kier alpha value is -0.170. The molecule has 0 radical (unpaired) electrons. The van der Waals surface area contributed by atoms with E-state index in [9.17, 15) is 8.42 Å². The lowest BCUT2D eigenvalue weighted by Crippen LogP contribution is -2.47. The van der Waals surface area contributed by atoms with Crippen molar-refractivity contribution in [1.29, 1.82) is 0 Å². The molecule has 0 amide bonds. The van der Waals surface area contributed by atoms with Crippen molar-refractivity contribution in [2.75, 3.05) is 26.8 Å². The lowest BCUT2D eigenvalue weighted by Gasteiger charge is -2.37. The molecule has 1 aliphatic carbocycles. The van der Waals surface area contributed by atoms with E-state index >= 15 is 0 Å². The molecule has 1 atom stereocenters. The van der Waals surface area contributed by atoms with Crippen molar-refractivity contribution in [3.63, 3.8) is 0 Å². The maximum absolute atomic E-state index is 12.1. The van der Waals surface area contributed by atoms with E-state index < -0.39 is 10.0 Å². The van der Waals surface area contributed by atoms with Crippen molar-refractivity contribution in [2.24, 2.45) is 0 Å². The summed E-state index contributed by atoms with van der Waals surface area (Å²) in [6, 6.07) is 0. The minimum Gasteiger partial charge on any atom is -0.379 e. The van der Waals surface area contributed by atoms with Crippen LogP contribution in [0.3, 0.4) is 0 Å². The largest absolute Gasteiger partial charge is 0.379 e. The van der Waals surface area contributed by atoms with Gasteiger partial charge in [-0.25, -0.2) is 12.7 Å². The molecule has 1 saturated carbocycles. The maximum Gasteiger partial charge on any atom is 0.216 e. The zero-order valence-corrected chi connectivity index (χ0v) is 11.6. The number of methoxy groups -OCH3 is 1. The molecular weight excluding hydrogens is 254 g/mol. The van der Waals surface area contributed by atoms with Gasteiger partial charge in [-0.2, -0.15) is 0 Å². The summed E-state index contributed by atoms with van der Waals surface area (Å²) in [6.07, 6.45) is 4.37. The van der Waals surface area contributed by atoms with Gasteiger partial charge >= 0.3 is 0 Å². The highest BCUT2D eigenvalue weighted by molar-refractivity contribution is 7.90. The second-order valence-electron chi connectivity index (χ2n) is 5.70. The van der Waals surface area contributed by atoms with Crippen LogP contribution >= 0.6 is 0 Å². The SMILES string of the molecule is COC1COC2(CCN(S(=O)(=O)C3CC3)CC2)C1. The number of hydrogen-bond donors (Lipinski definition) is 0. The standard InChI is InChI=1S/C12H21NO4S/c1-16-10-8-12(17-9-10)4-6-13(7-5-12)18(14,15)11-2-3-11/h10-11H,2-9H2,1H3. The molecule has 2 aliphatic heterocycles. The third-order valence-electron chi connectivity index (χ3n) is 4.45. The molecule has 2 heterocycles. The fraction of sp³-hybridized carbons (Fsp3) is 1.00. The number of hydrogen-bond acceptors (Lipinski definition) is 4. The Balaban J connectivity index is 1.61. The number of nitrogens with zero attached hydrogens (tertiary/aromatic N) is 1. The summed E-state index contributed by atoms with van der Waals surface area (Å²) in [5.74, 6) is 0. The normalized spacial score (nSPS) is 33.1. The molecule has 3 aliphatic rings. The molecule has 0 bridgehead atoms. The summed E-state index contributed by atoms with van der Waals surface area (Å²) < 4.78 is 37.1. The lowest BCUT2D eigenvalue weighted by atomic mass is 9.89. The van der Waals surface area contributed by atoms with Crippen LogP contribution in [0.4, 0.5) is 0 Å². The molecule has 0 aromatic heterocycles. The number of ether oxygens (including phenoxy) is 2. The molecule has 0 aromatic carbocycles. The van der Waals surface area contributed by atoms with Crippen LogP contribution < -0.4 is 0 Å². The summed E-state index contributed by atoms with van der Waals surface area (Å²) in [5, 5.41) is -0.0947. The van der Waals surface area contributed by atoms with Crippen molar-refractivity contribution >= 4 is 10.0 Å². The third kappa shape index (κ3) is 2.19. The van der Waals surface area contributed by atoms with Gasteiger partial charge in [0, 0.05) is 26.6 Å². The van der Waals surface area contributed by atoms with E-state index in [-0.39, 0.29) is 17.0 Å². The van der Waals surface area contributed by atoms with E-state index in [0.29, 0.717) is 19.7 Å². The highest BCUT2D eigenvalue weighted by atomic mass is 32.2. The summed E-state index contributed by atoms with van der Waals surface area (Å²) in [7, 11) is -1.30. The summed E-state index contributed by atoms with van der Waals surface area (Å²) >= 11 is 0. The van der Waals surface area contributed by atoms with Crippen LogP contribution in [0.25, 0.3) is 0 Å². The van der Waals surface area contributed by atoms with Gasteiger partial charge in [-0.15, -0.1) is 0 Å². The van der Waals surface area contributed by atoms with Gasteiger partial charge in [0.05, 0.1) is 23.6 Å². The van der Waals surface area contributed by atoms with Gasteiger partial charge in [-0.05, 0) is 25.7 Å². The molecule has 104 valence electrons. The lowest BCUT2D eigenvalue weighted by molar-refractivity contribution is -0.0328. The fourth-order valence-corrected chi connectivity index (χ4v) is 4.87. The Bertz CT molecular complexity index is 410. The van der Waals surface area contributed by atoms with Crippen LogP contribution in [0, 0.1) is 0 Å². The van der Waals surface area contributed by atoms with Crippen molar-refractivity contribution in [2.45, 2.75) is 49.1 Å². The molecule has 0 aromatic rings. The highest BCUT2D eigenvalue weighted by Crippen LogP contribution is 2.39. The minimum absolute atomic E-state index is 0.0947. The van der Waals surface area contributed by atoms with Gasteiger partial charge < -0.3 is 9.47 Å². The predicted octanol–water partition coefficient (Wildman–Crippen LogP) is 0.749. The zero-order valence-electron chi connectivity index (χ0n) is 10.8. The Kier molecular flexibility index (Phi) is 3.17. The molecule has 18 heavy (non-hydrogen) atoms. The predicted molar refractivity (Wildman–Crippen MR) is 66.8 cm³/mol. The second kappa shape index (κ2) is 4.44.